The zero-order valence-electron chi connectivity index (χ0n) is 19.1. The Morgan fingerprint density at radius 2 is 1.58 bits per heavy atom. The average Bonchev–Trinajstić information content (AvgIpc) is 3.24. The summed E-state index contributed by atoms with van der Waals surface area (Å²) in [6, 6.07) is 7.77. The summed E-state index contributed by atoms with van der Waals surface area (Å²) in [4.78, 5) is 31.2. The molecule has 4 saturated carbocycles. The molecule has 0 spiro atoms. The molecule has 5 nitrogen and oxygen atoms in total. The normalized spacial score (nSPS) is 33.5. The van der Waals surface area contributed by atoms with E-state index in [1.165, 1.54) is 24.9 Å². The van der Waals surface area contributed by atoms with Crippen LogP contribution in [0.2, 0.25) is 0 Å². The highest BCUT2D eigenvalue weighted by molar-refractivity contribution is 5.98. The van der Waals surface area contributed by atoms with Gasteiger partial charge in [0.15, 0.2) is 0 Å². The molecule has 1 heterocycles. The van der Waals surface area contributed by atoms with Crippen molar-refractivity contribution >= 4 is 23.2 Å². The maximum absolute atomic E-state index is 13.8. The topological polar surface area (TPSA) is 52.7 Å². The molecule has 4 aliphatic carbocycles. The summed E-state index contributed by atoms with van der Waals surface area (Å²) >= 11 is 0. The number of likely N-dealkylation sites (tertiary alicyclic amines) is 1. The first-order valence-electron chi connectivity index (χ1n) is 12.5. The highest BCUT2D eigenvalue weighted by Gasteiger charge is 2.56. The standard InChI is InChI=1S/C26H37N3O2/c1-3-28(4-2)22-9-7-21(8-10-22)27-24(30)23-6-5-11-29(23)25(31)26-15-18-12-19(16-26)14-20(13-18)17-26/h7-10,18-20,23H,3-6,11-17H2,1-2H3,(H,27,30)/t18?,19?,20?,23-,26?/m0/s1. The van der Waals surface area contributed by atoms with E-state index in [0.717, 1.165) is 75.2 Å². The van der Waals surface area contributed by atoms with Crippen LogP contribution in [0, 0.1) is 23.2 Å². The quantitative estimate of drug-likeness (QED) is 0.723. The Hall–Kier alpha value is -2.04. The van der Waals surface area contributed by atoms with Crippen LogP contribution in [0.25, 0.3) is 0 Å². The van der Waals surface area contributed by atoms with Gasteiger partial charge in [-0.05, 0) is 107 Å². The van der Waals surface area contributed by atoms with Gasteiger partial charge in [0.1, 0.15) is 6.04 Å². The summed E-state index contributed by atoms with van der Waals surface area (Å²) < 4.78 is 0. The minimum absolute atomic E-state index is 0.0221. The van der Waals surface area contributed by atoms with Gasteiger partial charge >= 0.3 is 0 Å². The summed E-state index contributed by atoms with van der Waals surface area (Å²) in [6.07, 6.45) is 8.90. The van der Waals surface area contributed by atoms with Gasteiger partial charge in [-0.2, -0.15) is 0 Å². The molecule has 0 radical (unpaired) electrons. The van der Waals surface area contributed by atoms with Crippen LogP contribution < -0.4 is 10.2 Å². The number of anilines is 2. The van der Waals surface area contributed by atoms with E-state index in [0.29, 0.717) is 5.91 Å². The minimum Gasteiger partial charge on any atom is -0.372 e. The van der Waals surface area contributed by atoms with E-state index in [2.05, 4.69) is 36.2 Å². The van der Waals surface area contributed by atoms with Gasteiger partial charge in [-0.3, -0.25) is 9.59 Å². The number of benzene rings is 1. The molecule has 5 fully saturated rings. The number of carbonyl (C=O) groups is 2. The maximum Gasteiger partial charge on any atom is 0.247 e. The number of rotatable bonds is 6. The fourth-order valence-electron chi connectivity index (χ4n) is 7.53. The largest absolute Gasteiger partial charge is 0.372 e. The lowest BCUT2D eigenvalue weighted by molar-refractivity contribution is -0.160. The third-order valence-corrected chi connectivity index (χ3v) is 8.57. The molecule has 31 heavy (non-hydrogen) atoms. The molecule has 4 bridgehead atoms. The molecule has 1 aromatic carbocycles. The molecule has 2 amide bonds. The Morgan fingerprint density at radius 1 is 1.00 bits per heavy atom. The van der Waals surface area contributed by atoms with E-state index in [1.807, 2.05) is 17.0 Å². The Balaban J connectivity index is 1.27. The van der Waals surface area contributed by atoms with E-state index in [9.17, 15) is 9.59 Å². The lowest BCUT2D eigenvalue weighted by atomic mass is 9.49. The first-order chi connectivity index (χ1) is 15.0. The monoisotopic (exact) mass is 423 g/mol. The number of carbonyl (C=O) groups excluding carboxylic acids is 2. The zero-order chi connectivity index (χ0) is 21.6. The minimum atomic E-state index is -0.317. The molecular formula is C26H37N3O2. The van der Waals surface area contributed by atoms with E-state index in [4.69, 9.17) is 0 Å². The second-order valence-corrected chi connectivity index (χ2v) is 10.6. The van der Waals surface area contributed by atoms with E-state index in [1.54, 1.807) is 0 Å². The Bertz CT molecular complexity index is 794. The van der Waals surface area contributed by atoms with Gasteiger partial charge in [0.05, 0.1) is 5.41 Å². The first-order valence-corrected chi connectivity index (χ1v) is 12.5. The van der Waals surface area contributed by atoms with E-state index >= 15 is 0 Å². The van der Waals surface area contributed by atoms with Crippen molar-refractivity contribution in [1.82, 2.24) is 4.90 Å². The van der Waals surface area contributed by atoms with Crippen LogP contribution in [0.1, 0.15) is 65.2 Å². The fourth-order valence-corrected chi connectivity index (χ4v) is 7.53. The molecule has 1 N–H and O–H groups in total. The summed E-state index contributed by atoms with van der Waals surface area (Å²) in [5, 5.41) is 3.09. The first kappa shape index (κ1) is 20.8. The molecule has 6 rings (SSSR count). The van der Waals surface area contributed by atoms with Gasteiger partial charge in [0.25, 0.3) is 0 Å². The van der Waals surface area contributed by atoms with E-state index < -0.39 is 0 Å². The Morgan fingerprint density at radius 3 is 2.13 bits per heavy atom. The van der Waals surface area contributed by atoms with Gasteiger partial charge in [-0.1, -0.05) is 0 Å². The Labute approximate surface area is 186 Å². The van der Waals surface area contributed by atoms with Crippen molar-refractivity contribution in [2.75, 3.05) is 29.9 Å². The molecule has 1 aliphatic heterocycles. The number of hydrogen-bond acceptors (Lipinski definition) is 3. The summed E-state index contributed by atoms with van der Waals surface area (Å²) in [5.41, 5.74) is 1.82. The summed E-state index contributed by atoms with van der Waals surface area (Å²) in [7, 11) is 0. The lowest BCUT2D eigenvalue weighted by Crippen LogP contribution is -2.56. The fraction of sp³-hybridized carbons (Fsp3) is 0.692. The number of hydrogen-bond donors (Lipinski definition) is 1. The van der Waals surface area contributed by atoms with Crippen molar-refractivity contribution in [2.45, 2.75) is 71.3 Å². The number of amides is 2. The third kappa shape index (κ3) is 3.74. The smallest absolute Gasteiger partial charge is 0.247 e. The zero-order valence-corrected chi connectivity index (χ0v) is 19.1. The van der Waals surface area contributed by atoms with Crippen LogP contribution >= 0.6 is 0 Å². The predicted molar refractivity (Wildman–Crippen MR) is 124 cm³/mol. The third-order valence-electron chi connectivity index (χ3n) is 8.57. The molecular weight excluding hydrogens is 386 g/mol. The van der Waals surface area contributed by atoms with Crippen molar-refractivity contribution in [3.05, 3.63) is 24.3 Å². The summed E-state index contributed by atoms with van der Waals surface area (Å²) in [6.45, 7) is 6.96. The molecule has 0 aromatic heterocycles. The highest BCUT2D eigenvalue weighted by Crippen LogP contribution is 2.60. The molecule has 0 unspecified atom stereocenters. The Kier molecular flexibility index (Phi) is 5.47. The summed E-state index contributed by atoms with van der Waals surface area (Å²) in [5.74, 6) is 2.51. The van der Waals surface area contributed by atoms with Gasteiger partial charge in [0, 0.05) is 31.0 Å². The molecule has 168 valence electrons. The van der Waals surface area contributed by atoms with Crippen LogP contribution in [0.3, 0.4) is 0 Å². The molecule has 1 saturated heterocycles. The molecule has 5 heteroatoms. The van der Waals surface area contributed by atoms with Crippen LogP contribution in [-0.4, -0.2) is 42.4 Å². The van der Waals surface area contributed by atoms with Crippen molar-refractivity contribution in [1.29, 1.82) is 0 Å². The van der Waals surface area contributed by atoms with Crippen LogP contribution in [0.5, 0.6) is 0 Å². The second-order valence-electron chi connectivity index (χ2n) is 10.6. The van der Waals surface area contributed by atoms with E-state index in [-0.39, 0.29) is 17.4 Å². The van der Waals surface area contributed by atoms with Gasteiger partial charge in [0.2, 0.25) is 11.8 Å². The average molecular weight is 424 g/mol. The van der Waals surface area contributed by atoms with Crippen molar-refractivity contribution in [3.63, 3.8) is 0 Å². The highest BCUT2D eigenvalue weighted by atomic mass is 16.2. The SMILES string of the molecule is CCN(CC)c1ccc(NC(=O)[C@@H]2CCCN2C(=O)C23CC4CC(CC(C4)C2)C3)cc1. The van der Waals surface area contributed by atoms with Crippen LogP contribution in [0.15, 0.2) is 24.3 Å². The van der Waals surface area contributed by atoms with Gasteiger partial charge in [-0.25, -0.2) is 0 Å². The molecule has 5 aliphatic rings. The van der Waals surface area contributed by atoms with Gasteiger partial charge in [-0.15, -0.1) is 0 Å². The molecule has 1 aromatic rings. The van der Waals surface area contributed by atoms with Gasteiger partial charge < -0.3 is 15.1 Å². The predicted octanol–water partition coefficient (Wildman–Crippen LogP) is 4.68. The van der Waals surface area contributed by atoms with Crippen molar-refractivity contribution < 1.29 is 9.59 Å². The lowest BCUT2D eigenvalue weighted by Gasteiger charge is -2.56. The number of nitrogens with one attached hydrogen (secondary N) is 1. The molecule has 1 atom stereocenters. The van der Waals surface area contributed by atoms with Crippen molar-refractivity contribution in [3.8, 4) is 0 Å². The van der Waals surface area contributed by atoms with Crippen LogP contribution in [-0.2, 0) is 9.59 Å². The number of nitrogens with zero attached hydrogens (tertiary/aromatic N) is 2. The van der Waals surface area contributed by atoms with Crippen LogP contribution in [0.4, 0.5) is 11.4 Å². The maximum atomic E-state index is 13.8. The second kappa shape index (κ2) is 8.14. The van der Waals surface area contributed by atoms with Crippen molar-refractivity contribution in [2.24, 2.45) is 23.2 Å².